The van der Waals surface area contributed by atoms with E-state index in [1.807, 2.05) is 36.4 Å². The SMILES string of the molecule is CCCCc1ccc(-c2nc(Nc3ccc(OC(F)(F)F)cc3)c3ccccc3n2)cc1. The molecule has 0 bridgehead atoms. The lowest BCUT2D eigenvalue weighted by Crippen LogP contribution is -2.16. The van der Waals surface area contributed by atoms with Crippen molar-refractivity contribution in [3.8, 4) is 17.1 Å². The van der Waals surface area contributed by atoms with Gasteiger partial charge in [0, 0.05) is 16.6 Å². The Bertz CT molecular complexity index is 1190. The van der Waals surface area contributed by atoms with Gasteiger partial charge in [0.1, 0.15) is 11.6 Å². The van der Waals surface area contributed by atoms with Gasteiger partial charge in [0.2, 0.25) is 0 Å². The number of aryl methyl sites for hydroxylation is 1. The van der Waals surface area contributed by atoms with Crippen molar-refractivity contribution in [1.29, 1.82) is 0 Å². The zero-order valence-corrected chi connectivity index (χ0v) is 17.5. The Labute approximate surface area is 184 Å². The van der Waals surface area contributed by atoms with Crippen molar-refractivity contribution in [2.45, 2.75) is 32.5 Å². The molecule has 0 saturated heterocycles. The van der Waals surface area contributed by atoms with E-state index >= 15 is 0 Å². The van der Waals surface area contributed by atoms with Crippen LogP contribution in [0.4, 0.5) is 24.7 Å². The Balaban J connectivity index is 1.64. The van der Waals surface area contributed by atoms with Gasteiger partial charge in [-0.25, -0.2) is 9.97 Å². The third-order valence-electron chi connectivity index (χ3n) is 4.99. The molecule has 0 aliphatic carbocycles. The van der Waals surface area contributed by atoms with E-state index in [-0.39, 0.29) is 5.75 Å². The molecule has 1 N–H and O–H groups in total. The van der Waals surface area contributed by atoms with Gasteiger partial charge in [0.25, 0.3) is 0 Å². The van der Waals surface area contributed by atoms with E-state index in [1.54, 1.807) is 0 Å². The summed E-state index contributed by atoms with van der Waals surface area (Å²) >= 11 is 0. The molecule has 0 spiro atoms. The molecule has 0 fully saturated rings. The maximum absolute atomic E-state index is 12.4. The minimum absolute atomic E-state index is 0.278. The van der Waals surface area contributed by atoms with Gasteiger partial charge >= 0.3 is 6.36 Å². The fourth-order valence-electron chi connectivity index (χ4n) is 3.38. The maximum Gasteiger partial charge on any atom is 0.573 e. The second kappa shape index (κ2) is 9.26. The molecule has 1 aromatic heterocycles. The summed E-state index contributed by atoms with van der Waals surface area (Å²) < 4.78 is 41.1. The topological polar surface area (TPSA) is 47.0 Å². The fourth-order valence-corrected chi connectivity index (χ4v) is 3.38. The summed E-state index contributed by atoms with van der Waals surface area (Å²) in [5.41, 5.74) is 3.53. The quantitative estimate of drug-likeness (QED) is 0.330. The second-order valence-electron chi connectivity index (χ2n) is 7.41. The molecular formula is C25H22F3N3O. The van der Waals surface area contributed by atoms with Gasteiger partial charge in [-0.1, -0.05) is 49.7 Å². The van der Waals surface area contributed by atoms with Crippen molar-refractivity contribution in [3.05, 3.63) is 78.4 Å². The number of aromatic nitrogens is 2. The minimum atomic E-state index is -4.72. The lowest BCUT2D eigenvalue weighted by Gasteiger charge is -2.13. The standard InChI is InChI=1S/C25H22F3N3O/c1-2-3-6-17-9-11-18(12-10-17)23-30-22-8-5-4-7-21(22)24(31-23)29-19-13-15-20(16-14-19)32-25(26,27)28/h4-5,7-16H,2-3,6H2,1H3,(H,29,30,31). The average molecular weight is 437 g/mol. The van der Waals surface area contributed by atoms with Crippen LogP contribution in [-0.2, 0) is 6.42 Å². The molecule has 0 aliphatic rings. The zero-order chi connectivity index (χ0) is 22.6. The van der Waals surface area contributed by atoms with Crippen LogP contribution in [0.1, 0.15) is 25.3 Å². The van der Waals surface area contributed by atoms with E-state index in [1.165, 1.54) is 29.8 Å². The number of fused-ring (bicyclic) bond motifs is 1. The van der Waals surface area contributed by atoms with Crippen LogP contribution in [0.25, 0.3) is 22.3 Å². The molecule has 1 heterocycles. The summed E-state index contributed by atoms with van der Waals surface area (Å²) in [7, 11) is 0. The molecule has 0 unspecified atom stereocenters. The Morgan fingerprint density at radius 2 is 1.59 bits per heavy atom. The van der Waals surface area contributed by atoms with Gasteiger partial charge in [-0.2, -0.15) is 0 Å². The second-order valence-corrected chi connectivity index (χ2v) is 7.41. The lowest BCUT2D eigenvalue weighted by atomic mass is 10.1. The number of rotatable bonds is 7. The summed E-state index contributed by atoms with van der Waals surface area (Å²) in [5.74, 6) is 0.870. The van der Waals surface area contributed by atoms with Gasteiger partial charge in [0.05, 0.1) is 5.52 Å². The third kappa shape index (κ3) is 5.35. The van der Waals surface area contributed by atoms with Crippen LogP contribution >= 0.6 is 0 Å². The molecule has 0 aliphatic heterocycles. The van der Waals surface area contributed by atoms with Crippen molar-refractivity contribution >= 4 is 22.4 Å². The number of halogens is 3. The minimum Gasteiger partial charge on any atom is -0.406 e. The van der Waals surface area contributed by atoms with E-state index < -0.39 is 6.36 Å². The number of unbranched alkanes of at least 4 members (excludes halogenated alkanes) is 1. The lowest BCUT2D eigenvalue weighted by molar-refractivity contribution is -0.274. The highest BCUT2D eigenvalue weighted by Crippen LogP contribution is 2.29. The van der Waals surface area contributed by atoms with Crippen LogP contribution in [0.5, 0.6) is 5.75 Å². The number of hydrogen-bond acceptors (Lipinski definition) is 4. The number of nitrogens with one attached hydrogen (secondary N) is 1. The number of ether oxygens (including phenoxy) is 1. The smallest absolute Gasteiger partial charge is 0.406 e. The van der Waals surface area contributed by atoms with Crippen molar-refractivity contribution in [2.75, 3.05) is 5.32 Å². The van der Waals surface area contributed by atoms with E-state index in [0.29, 0.717) is 17.3 Å². The number of anilines is 2. The number of benzene rings is 3. The predicted octanol–water partition coefficient (Wildman–Crippen LogP) is 7.28. The van der Waals surface area contributed by atoms with Crippen molar-refractivity contribution in [3.63, 3.8) is 0 Å². The molecule has 164 valence electrons. The summed E-state index contributed by atoms with van der Waals surface area (Å²) in [6.07, 6.45) is -1.39. The molecule has 0 amide bonds. The van der Waals surface area contributed by atoms with Crippen LogP contribution in [0.15, 0.2) is 72.8 Å². The molecular weight excluding hydrogens is 415 g/mol. The molecule has 0 atom stereocenters. The van der Waals surface area contributed by atoms with E-state index in [2.05, 4.69) is 29.1 Å². The van der Waals surface area contributed by atoms with Gasteiger partial charge in [-0.05, 0) is 54.8 Å². The molecule has 7 heteroatoms. The fraction of sp³-hybridized carbons (Fsp3) is 0.200. The van der Waals surface area contributed by atoms with Crippen LogP contribution in [-0.4, -0.2) is 16.3 Å². The van der Waals surface area contributed by atoms with Crippen LogP contribution in [0.3, 0.4) is 0 Å². The van der Waals surface area contributed by atoms with Gasteiger partial charge in [-0.15, -0.1) is 13.2 Å². The molecule has 4 rings (SSSR count). The Morgan fingerprint density at radius 3 is 2.28 bits per heavy atom. The number of hydrogen-bond donors (Lipinski definition) is 1. The Kier molecular flexibility index (Phi) is 6.25. The molecule has 3 aromatic carbocycles. The highest BCUT2D eigenvalue weighted by Gasteiger charge is 2.30. The highest BCUT2D eigenvalue weighted by molar-refractivity contribution is 5.92. The van der Waals surface area contributed by atoms with Crippen molar-refractivity contribution in [1.82, 2.24) is 9.97 Å². The third-order valence-corrected chi connectivity index (χ3v) is 4.99. The van der Waals surface area contributed by atoms with E-state index in [9.17, 15) is 13.2 Å². The molecule has 0 saturated carbocycles. The zero-order valence-electron chi connectivity index (χ0n) is 17.5. The van der Waals surface area contributed by atoms with Crippen LogP contribution in [0, 0.1) is 0 Å². The predicted molar refractivity (Wildman–Crippen MR) is 120 cm³/mol. The first-order valence-electron chi connectivity index (χ1n) is 10.4. The first-order chi connectivity index (χ1) is 15.4. The molecule has 4 nitrogen and oxygen atoms in total. The van der Waals surface area contributed by atoms with Crippen LogP contribution in [0.2, 0.25) is 0 Å². The summed E-state index contributed by atoms with van der Waals surface area (Å²) in [5, 5.41) is 4.01. The van der Waals surface area contributed by atoms with Crippen molar-refractivity contribution < 1.29 is 17.9 Å². The molecule has 4 aromatic rings. The van der Waals surface area contributed by atoms with Gasteiger partial charge in [0.15, 0.2) is 5.82 Å². The highest BCUT2D eigenvalue weighted by atomic mass is 19.4. The maximum atomic E-state index is 12.4. The number of nitrogens with zero attached hydrogens (tertiary/aromatic N) is 2. The first kappa shape index (κ1) is 21.6. The largest absolute Gasteiger partial charge is 0.573 e. The first-order valence-corrected chi connectivity index (χ1v) is 10.4. The van der Waals surface area contributed by atoms with E-state index in [4.69, 9.17) is 9.97 Å². The summed E-state index contributed by atoms with van der Waals surface area (Å²) in [6, 6.07) is 21.4. The Morgan fingerprint density at radius 1 is 0.875 bits per heavy atom. The normalized spacial score (nSPS) is 11.5. The molecule has 0 radical (unpaired) electrons. The number of alkyl halides is 3. The average Bonchev–Trinajstić information content (AvgIpc) is 2.78. The Hall–Kier alpha value is -3.61. The van der Waals surface area contributed by atoms with Gasteiger partial charge < -0.3 is 10.1 Å². The summed E-state index contributed by atoms with van der Waals surface area (Å²) in [6.45, 7) is 2.17. The summed E-state index contributed by atoms with van der Waals surface area (Å²) in [4.78, 5) is 9.40. The number of para-hydroxylation sites is 1. The van der Waals surface area contributed by atoms with Crippen molar-refractivity contribution in [2.24, 2.45) is 0 Å². The monoisotopic (exact) mass is 437 g/mol. The van der Waals surface area contributed by atoms with Crippen LogP contribution < -0.4 is 10.1 Å². The van der Waals surface area contributed by atoms with Gasteiger partial charge in [-0.3, -0.25) is 0 Å². The molecule has 32 heavy (non-hydrogen) atoms. The van der Waals surface area contributed by atoms with E-state index in [0.717, 1.165) is 35.7 Å².